The summed E-state index contributed by atoms with van der Waals surface area (Å²) in [5, 5.41) is 12.2. The molecular formula is C11H17BrN4O. The molecule has 1 aromatic heterocycles. The van der Waals surface area contributed by atoms with Crippen LogP contribution in [0, 0.1) is 0 Å². The number of aliphatic hydroxyl groups excluding tert-OH is 1. The number of nitrogens with one attached hydrogen (secondary N) is 1. The first kappa shape index (κ1) is 12.6. The second-order valence-corrected chi connectivity index (χ2v) is 4.90. The van der Waals surface area contributed by atoms with E-state index in [2.05, 4.69) is 36.1 Å². The van der Waals surface area contributed by atoms with Crippen LogP contribution in [0.4, 0.5) is 11.8 Å². The Morgan fingerprint density at radius 1 is 1.59 bits per heavy atom. The minimum absolute atomic E-state index is 0.142. The van der Waals surface area contributed by atoms with Gasteiger partial charge >= 0.3 is 0 Å². The highest BCUT2D eigenvalue weighted by Crippen LogP contribution is 2.34. The van der Waals surface area contributed by atoms with Crippen molar-refractivity contribution in [1.82, 2.24) is 9.97 Å². The Balaban J connectivity index is 2.23. The van der Waals surface area contributed by atoms with Crippen molar-refractivity contribution >= 4 is 27.7 Å². The molecule has 5 nitrogen and oxygen atoms in total. The van der Waals surface area contributed by atoms with Gasteiger partial charge in [0, 0.05) is 25.3 Å². The molecule has 1 heterocycles. The number of aliphatic hydroxyl groups is 1. The molecule has 17 heavy (non-hydrogen) atoms. The fraction of sp³-hybridized carbons (Fsp3) is 0.636. The number of rotatable bonds is 6. The zero-order valence-electron chi connectivity index (χ0n) is 9.86. The number of aromatic nitrogens is 2. The number of hydrogen-bond donors (Lipinski definition) is 2. The molecule has 0 spiro atoms. The first-order valence-electron chi connectivity index (χ1n) is 5.90. The lowest BCUT2D eigenvalue weighted by atomic mass is 10.4. The summed E-state index contributed by atoms with van der Waals surface area (Å²) >= 11 is 3.47. The van der Waals surface area contributed by atoms with Crippen molar-refractivity contribution in [3.63, 3.8) is 0 Å². The molecule has 1 aromatic rings. The summed E-state index contributed by atoms with van der Waals surface area (Å²) in [5.74, 6) is 1.50. The summed E-state index contributed by atoms with van der Waals surface area (Å²) in [7, 11) is 0. The van der Waals surface area contributed by atoms with Crippen LogP contribution in [0.15, 0.2) is 10.7 Å². The molecule has 2 rings (SSSR count). The Morgan fingerprint density at radius 3 is 2.94 bits per heavy atom. The second-order valence-electron chi connectivity index (χ2n) is 4.04. The van der Waals surface area contributed by atoms with Crippen molar-refractivity contribution in [2.24, 2.45) is 0 Å². The maximum absolute atomic E-state index is 9.12. The molecular weight excluding hydrogens is 284 g/mol. The number of halogens is 1. The molecule has 94 valence electrons. The van der Waals surface area contributed by atoms with Gasteiger partial charge in [0.25, 0.3) is 0 Å². The summed E-state index contributed by atoms with van der Waals surface area (Å²) in [4.78, 5) is 10.8. The maximum Gasteiger partial charge on any atom is 0.224 e. The lowest BCUT2D eigenvalue weighted by Gasteiger charge is -2.23. The highest BCUT2D eigenvalue weighted by molar-refractivity contribution is 9.10. The monoisotopic (exact) mass is 300 g/mol. The van der Waals surface area contributed by atoms with Crippen LogP contribution in [0.5, 0.6) is 0 Å². The Labute approximate surface area is 109 Å². The molecule has 0 amide bonds. The van der Waals surface area contributed by atoms with E-state index in [9.17, 15) is 0 Å². The normalized spacial score (nSPS) is 14.8. The van der Waals surface area contributed by atoms with Crippen molar-refractivity contribution in [1.29, 1.82) is 0 Å². The molecule has 0 aromatic carbocycles. The summed E-state index contributed by atoms with van der Waals surface area (Å²) in [5.41, 5.74) is 0. The number of nitrogens with zero attached hydrogens (tertiary/aromatic N) is 3. The minimum atomic E-state index is 0.142. The highest BCUT2D eigenvalue weighted by atomic mass is 79.9. The van der Waals surface area contributed by atoms with E-state index < -0.39 is 0 Å². The standard InChI is InChI=1S/C11H17BrN4O/c1-2-13-11-14-7-9(12)10(15-11)16(5-6-17)8-3-4-8/h7-8,17H,2-6H2,1H3,(H,13,14,15). The summed E-state index contributed by atoms with van der Waals surface area (Å²) in [6.45, 7) is 3.57. The first-order valence-corrected chi connectivity index (χ1v) is 6.69. The third kappa shape index (κ3) is 3.07. The quantitative estimate of drug-likeness (QED) is 0.836. The molecule has 0 saturated heterocycles. The van der Waals surface area contributed by atoms with E-state index in [0.29, 0.717) is 18.5 Å². The Kier molecular flexibility index (Phi) is 4.17. The molecule has 6 heteroatoms. The topological polar surface area (TPSA) is 61.3 Å². The van der Waals surface area contributed by atoms with Crippen LogP contribution in [0.25, 0.3) is 0 Å². The smallest absolute Gasteiger partial charge is 0.224 e. The number of anilines is 2. The van der Waals surface area contributed by atoms with Gasteiger partial charge in [-0.15, -0.1) is 0 Å². The Hall–Kier alpha value is -0.880. The molecule has 1 saturated carbocycles. The van der Waals surface area contributed by atoms with Gasteiger partial charge in [0.05, 0.1) is 11.1 Å². The molecule has 0 bridgehead atoms. The second kappa shape index (κ2) is 5.64. The van der Waals surface area contributed by atoms with Crippen LogP contribution in [0.2, 0.25) is 0 Å². The van der Waals surface area contributed by atoms with Gasteiger partial charge in [0.2, 0.25) is 5.95 Å². The van der Waals surface area contributed by atoms with E-state index in [4.69, 9.17) is 5.11 Å². The third-order valence-electron chi connectivity index (χ3n) is 2.66. The molecule has 0 radical (unpaired) electrons. The van der Waals surface area contributed by atoms with Gasteiger partial charge in [0.15, 0.2) is 0 Å². The van der Waals surface area contributed by atoms with Crippen molar-refractivity contribution in [2.45, 2.75) is 25.8 Å². The minimum Gasteiger partial charge on any atom is -0.395 e. The van der Waals surface area contributed by atoms with Crippen LogP contribution in [-0.2, 0) is 0 Å². The van der Waals surface area contributed by atoms with Crippen molar-refractivity contribution in [3.05, 3.63) is 10.7 Å². The molecule has 0 unspecified atom stereocenters. The zero-order valence-corrected chi connectivity index (χ0v) is 11.4. The zero-order chi connectivity index (χ0) is 12.3. The van der Waals surface area contributed by atoms with Crippen LogP contribution >= 0.6 is 15.9 Å². The molecule has 2 N–H and O–H groups in total. The van der Waals surface area contributed by atoms with E-state index >= 15 is 0 Å². The number of hydrogen-bond acceptors (Lipinski definition) is 5. The predicted molar refractivity (Wildman–Crippen MR) is 71.3 cm³/mol. The van der Waals surface area contributed by atoms with Crippen LogP contribution in [0.3, 0.4) is 0 Å². The van der Waals surface area contributed by atoms with Crippen LogP contribution in [0.1, 0.15) is 19.8 Å². The molecule has 0 aliphatic heterocycles. The van der Waals surface area contributed by atoms with Gasteiger partial charge in [-0.3, -0.25) is 0 Å². The summed E-state index contributed by atoms with van der Waals surface area (Å²) in [6, 6.07) is 0.517. The molecule has 1 fully saturated rings. The lowest BCUT2D eigenvalue weighted by molar-refractivity contribution is 0.301. The fourth-order valence-corrected chi connectivity index (χ4v) is 2.18. The van der Waals surface area contributed by atoms with Gasteiger partial charge in [-0.2, -0.15) is 4.98 Å². The maximum atomic E-state index is 9.12. The van der Waals surface area contributed by atoms with E-state index in [0.717, 1.165) is 16.8 Å². The van der Waals surface area contributed by atoms with Gasteiger partial charge in [0.1, 0.15) is 5.82 Å². The largest absolute Gasteiger partial charge is 0.395 e. The van der Waals surface area contributed by atoms with Gasteiger partial charge in [-0.25, -0.2) is 4.98 Å². The Morgan fingerprint density at radius 2 is 2.35 bits per heavy atom. The highest BCUT2D eigenvalue weighted by Gasteiger charge is 2.31. The van der Waals surface area contributed by atoms with E-state index in [1.54, 1.807) is 6.20 Å². The van der Waals surface area contributed by atoms with Crippen LogP contribution < -0.4 is 10.2 Å². The summed E-state index contributed by atoms with van der Waals surface area (Å²) < 4.78 is 0.875. The van der Waals surface area contributed by atoms with E-state index in [-0.39, 0.29) is 6.61 Å². The molecule has 0 atom stereocenters. The fourth-order valence-electron chi connectivity index (χ4n) is 1.76. The average Bonchev–Trinajstić information content (AvgIpc) is 3.13. The van der Waals surface area contributed by atoms with E-state index in [1.807, 2.05) is 6.92 Å². The van der Waals surface area contributed by atoms with Crippen molar-refractivity contribution < 1.29 is 5.11 Å². The first-order chi connectivity index (χ1) is 8.26. The average molecular weight is 301 g/mol. The van der Waals surface area contributed by atoms with Crippen molar-refractivity contribution in [3.8, 4) is 0 Å². The van der Waals surface area contributed by atoms with Crippen LogP contribution in [-0.4, -0.2) is 40.8 Å². The summed E-state index contributed by atoms with van der Waals surface area (Å²) in [6.07, 6.45) is 4.10. The molecule has 1 aliphatic carbocycles. The lowest BCUT2D eigenvalue weighted by Crippen LogP contribution is -2.30. The van der Waals surface area contributed by atoms with Gasteiger partial charge in [-0.1, -0.05) is 0 Å². The van der Waals surface area contributed by atoms with Gasteiger partial charge in [-0.05, 0) is 35.7 Å². The third-order valence-corrected chi connectivity index (χ3v) is 3.22. The van der Waals surface area contributed by atoms with E-state index in [1.165, 1.54) is 12.8 Å². The Bertz CT molecular complexity index is 384. The van der Waals surface area contributed by atoms with Crippen molar-refractivity contribution in [2.75, 3.05) is 29.9 Å². The molecule has 1 aliphatic rings. The predicted octanol–water partition coefficient (Wildman–Crippen LogP) is 1.63. The SMILES string of the molecule is CCNc1ncc(Br)c(N(CCO)C2CC2)n1. The van der Waals surface area contributed by atoms with Gasteiger partial charge < -0.3 is 15.3 Å².